The van der Waals surface area contributed by atoms with Crippen LogP contribution in [0.25, 0.3) is 5.57 Å². The largest absolute Gasteiger partial charge is 0.493 e. The van der Waals surface area contributed by atoms with Crippen LogP contribution in [-0.4, -0.2) is 68.9 Å². The normalized spacial score (nSPS) is 15.1. The Labute approximate surface area is 244 Å². The van der Waals surface area contributed by atoms with Crippen LogP contribution in [0.15, 0.2) is 78.9 Å². The maximum Gasteiger partial charge on any atom is 0.275 e. The molecular formula is C32H34F2N4O4. The SMILES string of the molecule is CCOc1ccccc1C(=O)Nc1ccc(C(=O)N2CCC(F)(F)/C(=C\C(=O)NCCN(C)C)c3ccccc32)cc1. The molecule has 1 aliphatic heterocycles. The van der Waals surface area contributed by atoms with Crippen molar-refractivity contribution in [1.82, 2.24) is 10.2 Å². The highest BCUT2D eigenvalue weighted by atomic mass is 19.3. The molecular weight excluding hydrogens is 542 g/mol. The van der Waals surface area contributed by atoms with Gasteiger partial charge in [-0.3, -0.25) is 14.4 Å². The van der Waals surface area contributed by atoms with E-state index in [2.05, 4.69) is 10.6 Å². The number of carbonyl (C=O) groups is 3. The molecule has 2 N–H and O–H groups in total. The van der Waals surface area contributed by atoms with Crippen LogP contribution >= 0.6 is 0 Å². The molecule has 0 unspecified atom stereocenters. The van der Waals surface area contributed by atoms with Gasteiger partial charge in [0.2, 0.25) is 5.91 Å². The second-order valence-corrected chi connectivity index (χ2v) is 10.0. The number of para-hydroxylation sites is 2. The first-order valence-corrected chi connectivity index (χ1v) is 13.7. The van der Waals surface area contributed by atoms with Gasteiger partial charge in [-0.05, 0) is 63.5 Å². The molecule has 0 saturated carbocycles. The van der Waals surface area contributed by atoms with E-state index in [1.807, 2.05) is 25.9 Å². The van der Waals surface area contributed by atoms with E-state index < -0.39 is 29.7 Å². The number of hydrogen-bond acceptors (Lipinski definition) is 5. The minimum absolute atomic E-state index is 0.118. The van der Waals surface area contributed by atoms with Crippen LogP contribution in [0.4, 0.5) is 20.2 Å². The number of ether oxygens (including phenoxy) is 1. The summed E-state index contributed by atoms with van der Waals surface area (Å²) < 4.78 is 36.3. The van der Waals surface area contributed by atoms with Gasteiger partial charge < -0.3 is 25.2 Å². The third-order valence-corrected chi connectivity index (χ3v) is 6.73. The predicted octanol–water partition coefficient (Wildman–Crippen LogP) is 5.08. The molecule has 0 aromatic heterocycles. The zero-order valence-electron chi connectivity index (χ0n) is 23.8. The quantitative estimate of drug-likeness (QED) is 0.347. The molecule has 8 nitrogen and oxygen atoms in total. The first-order valence-electron chi connectivity index (χ1n) is 13.7. The molecule has 4 rings (SSSR count). The van der Waals surface area contributed by atoms with Crippen LogP contribution in [-0.2, 0) is 4.79 Å². The molecule has 3 aromatic carbocycles. The van der Waals surface area contributed by atoms with E-state index in [1.54, 1.807) is 54.6 Å². The lowest BCUT2D eigenvalue weighted by molar-refractivity contribution is -0.116. The van der Waals surface area contributed by atoms with Crippen molar-refractivity contribution in [2.75, 3.05) is 50.6 Å². The lowest BCUT2D eigenvalue weighted by Crippen LogP contribution is -2.33. The highest BCUT2D eigenvalue weighted by Gasteiger charge is 2.41. The number of nitrogens with one attached hydrogen (secondary N) is 2. The summed E-state index contributed by atoms with van der Waals surface area (Å²) in [5.74, 6) is -4.35. The second kappa shape index (κ2) is 13.4. The Kier molecular flexibility index (Phi) is 9.69. The van der Waals surface area contributed by atoms with Crippen molar-refractivity contribution >= 4 is 34.7 Å². The molecule has 10 heteroatoms. The molecule has 3 aromatic rings. The van der Waals surface area contributed by atoms with Gasteiger partial charge in [-0.25, -0.2) is 8.78 Å². The van der Waals surface area contributed by atoms with Crippen molar-refractivity contribution in [3.63, 3.8) is 0 Å². The number of rotatable bonds is 9. The lowest BCUT2D eigenvalue weighted by atomic mass is 9.97. The summed E-state index contributed by atoms with van der Waals surface area (Å²) in [5, 5.41) is 5.43. The van der Waals surface area contributed by atoms with Crippen molar-refractivity contribution in [2.45, 2.75) is 19.3 Å². The molecule has 0 fully saturated rings. The summed E-state index contributed by atoms with van der Waals surface area (Å²) in [6.07, 6.45) is 0.279. The highest BCUT2D eigenvalue weighted by molar-refractivity contribution is 6.10. The van der Waals surface area contributed by atoms with Crippen molar-refractivity contribution in [1.29, 1.82) is 0 Å². The Balaban J connectivity index is 1.56. The number of allylic oxidation sites excluding steroid dienone is 1. The van der Waals surface area contributed by atoms with Gasteiger partial charge in [-0.15, -0.1) is 0 Å². The van der Waals surface area contributed by atoms with E-state index in [-0.39, 0.29) is 29.3 Å². The van der Waals surface area contributed by atoms with Gasteiger partial charge in [0.25, 0.3) is 17.7 Å². The number of benzene rings is 3. The molecule has 0 aliphatic carbocycles. The summed E-state index contributed by atoms with van der Waals surface area (Å²) in [5.41, 5.74) is 1.06. The van der Waals surface area contributed by atoms with E-state index in [9.17, 15) is 14.4 Å². The number of halogens is 2. The Morgan fingerprint density at radius 1 is 1.00 bits per heavy atom. The van der Waals surface area contributed by atoms with E-state index in [0.29, 0.717) is 36.7 Å². The lowest BCUT2D eigenvalue weighted by Gasteiger charge is -2.23. The van der Waals surface area contributed by atoms with Crippen LogP contribution in [0.2, 0.25) is 0 Å². The standard InChI is InChI=1S/C32H34F2N4O4/c1-4-42-28-12-8-6-10-25(28)30(40)36-23-15-13-22(14-16-23)31(41)38-19-17-32(33,34)26(24-9-5-7-11-27(24)38)21-29(39)35-18-20-37(2)3/h5-16,21H,4,17-20H2,1-3H3,(H,35,39)(H,36,40)/b26-21-. The molecule has 0 saturated heterocycles. The minimum atomic E-state index is -3.34. The molecule has 1 aliphatic rings. The third-order valence-electron chi connectivity index (χ3n) is 6.73. The first kappa shape index (κ1) is 30.4. The number of alkyl halides is 2. The van der Waals surface area contributed by atoms with E-state index in [0.717, 1.165) is 6.08 Å². The van der Waals surface area contributed by atoms with Crippen molar-refractivity contribution < 1.29 is 27.9 Å². The molecule has 0 spiro atoms. The van der Waals surface area contributed by atoms with Crippen LogP contribution < -0.4 is 20.3 Å². The molecule has 220 valence electrons. The summed E-state index contributed by atoms with van der Waals surface area (Å²) in [6, 6.07) is 19.5. The summed E-state index contributed by atoms with van der Waals surface area (Å²) in [7, 11) is 3.69. The number of fused-ring (bicyclic) bond motifs is 1. The smallest absolute Gasteiger partial charge is 0.275 e. The van der Waals surface area contributed by atoms with Gasteiger partial charge in [-0.2, -0.15) is 0 Å². The van der Waals surface area contributed by atoms with Gasteiger partial charge >= 0.3 is 0 Å². The van der Waals surface area contributed by atoms with Crippen LogP contribution in [0.5, 0.6) is 5.75 Å². The van der Waals surface area contributed by atoms with Crippen molar-refractivity contribution in [2.24, 2.45) is 0 Å². The number of likely N-dealkylation sites (N-methyl/N-ethyl adjacent to an activating group) is 1. The number of amides is 3. The number of carbonyl (C=O) groups excluding carboxylic acids is 3. The fourth-order valence-corrected chi connectivity index (χ4v) is 4.61. The Hall–Kier alpha value is -4.57. The number of hydrogen-bond donors (Lipinski definition) is 2. The Morgan fingerprint density at radius 3 is 2.40 bits per heavy atom. The molecule has 42 heavy (non-hydrogen) atoms. The van der Waals surface area contributed by atoms with Gasteiger partial charge in [0.1, 0.15) is 5.75 Å². The number of nitrogens with zero attached hydrogens (tertiary/aromatic N) is 2. The Bertz CT molecular complexity index is 1470. The molecule has 3 amide bonds. The molecule has 0 bridgehead atoms. The van der Waals surface area contributed by atoms with Crippen molar-refractivity contribution in [3.8, 4) is 5.75 Å². The van der Waals surface area contributed by atoms with Gasteiger partial charge in [-0.1, -0.05) is 30.3 Å². The highest BCUT2D eigenvalue weighted by Crippen LogP contribution is 2.43. The summed E-state index contributed by atoms with van der Waals surface area (Å²) >= 11 is 0. The average molecular weight is 577 g/mol. The Morgan fingerprint density at radius 2 is 1.69 bits per heavy atom. The van der Waals surface area contributed by atoms with E-state index in [1.165, 1.54) is 23.1 Å². The molecule has 0 radical (unpaired) electrons. The second-order valence-electron chi connectivity index (χ2n) is 10.0. The van der Waals surface area contributed by atoms with Gasteiger partial charge in [0.05, 0.1) is 17.9 Å². The zero-order chi connectivity index (χ0) is 30.3. The van der Waals surface area contributed by atoms with Crippen LogP contribution in [0.3, 0.4) is 0 Å². The molecule has 1 heterocycles. The fourth-order valence-electron chi connectivity index (χ4n) is 4.61. The topological polar surface area (TPSA) is 91.0 Å². The van der Waals surface area contributed by atoms with E-state index in [4.69, 9.17) is 4.74 Å². The monoisotopic (exact) mass is 576 g/mol. The average Bonchev–Trinajstić information content (AvgIpc) is 3.07. The van der Waals surface area contributed by atoms with Crippen LogP contribution in [0, 0.1) is 0 Å². The maximum atomic E-state index is 15.4. The zero-order valence-corrected chi connectivity index (χ0v) is 23.8. The summed E-state index contributed by atoms with van der Waals surface area (Å²) in [6.45, 7) is 2.86. The number of anilines is 2. The van der Waals surface area contributed by atoms with Crippen LogP contribution in [0.1, 0.15) is 39.6 Å². The third kappa shape index (κ3) is 7.19. The molecule has 0 atom stereocenters. The summed E-state index contributed by atoms with van der Waals surface area (Å²) in [4.78, 5) is 42.1. The van der Waals surface area contributed by atoms with E-state index >= 15 is 8.78 Å². The van der Waals surface area contributed by atoms with Crippen molar-refractivity contribution in [3.05, 3.63) is 95.6 Å². The maximum absolute atomic E-state index is 15.4. The fraction of sp³-hybridized carbons (Fsp3) is 0.281. The predicted molar refractivity (Wildman–Crippen MR) is 159 cm³/mol. The van der Waals surface area contributed by atoms with Gasteiger partial charge in [0.15, 0.2) is 0 Å². The minimum Gasteiger partial charge on any atom is -0.493 e. The first-order chi connectivity index (χ1) is 20.1. The van der Waals surface area contributed by atoms with Gasteiger partial charge in [0, 0.05) is 54.5 Å².